The van der Waals surface area contributed by atoms with E-state index in [0.717, 1.165) is 47.3 Å². The molecule has 0 bridgehead atoms. The highest BCUT2D eigenvalue weighted by Gasteiger charge is 2.33. The molecule has 5 rings (SSSR count). The molecule has 2 aliphatic rings. The Morgan fingerprint density at radius 3 is 2.51 bits per heavy atom. The van der Waals surface area contributed by atoms with Gasteiger partial charge in [0.2, 0.25) is 0 Å². The van der Waals surface area contributed by atoms with Gasteiger partial charge in [-0.2, -0.15) is 0 Å². The van der Waals surface area contributed by atoms with Crippen LogP contribution in [0.15, 0.2) is 71.7 Å². The minimum absolute atomic E-state index is 0.00154. The number of hydrogen-bond acceptors (Lipinski definition) is 8. The number of fused-ring (bicyclic) bond motifs is 1. The number of nitrogens with two attached hydrogens (primary N) is 1. The van der Waals surface area contributed by atoms with Gasteiger partial charge in [-0.05, 0) is 63.2 Å². The molecule has 9 nitrogen and oxygen atoms in total. The molecular weight excluding hydrogens is 492 g/mol. The third-order valence-corrected chi connectivity index (χ3v) is 7.09. The number of nitrogen functional groups attached to an aromatic ring is 1. The average molecular weight is 529 g/mol. The number of rotatable bonds is 8. The number of benzene rings is 3. The molecule has 0 radical (unpaired) electrons. The Hall–Kier alpha value is -4.24. The van der Waals surface area contributed by atoms with E-state index in [-0.39, 0.29) is 18.6 Å². The zero-order chi connectivity index (χ0) is 27.4. The predicted octanol–water partition coefficient (Wildman–Crippen LogP) is 4.46. The van der Waals surface area contributed by atoms with E-state index in [2.05, 4.69) is 17.2 Å². The number of nitrogens with one attached hydrogen (secondary N) is 1. The van der Waals surface area contributed by atoms with Crippen LogP contribution in [0.3, 0.4) is 0 Å². The van der Waals surface area contributed by atoms with Crippen LogP contribution in [0.25, 0.3) is 0 Å². The monoisotopic (exact) mass is 528 g/mol. The molecule has 1 fully saturated rings. The fourth-order valence-corrected chi connectivity index (χ4v) is 4.87. The summed E-state index contributed by atoms with van der Waals surface area (Å²) < 4.78 is 11.7. The van der Waals surface area contributed by atoms with Crippen LogP contribution in [0.1, 0.15) is 19.4 Å². The van der Waals surface area contributed by atoms with Crippen molar-refractivity contribution in [2.45, 2.75) is 26.8 Å². The number of hydrogen-bond donors (Lipinski definition) is 2. The van der Waals surface area contributed by atoms with Crippen molar-refractivity contribution in [1.29, 1.82) is 0 Å². The quantitative estimate of drug-likeness (QED) is 0.417. The number of ether oxygens (including phenoxy) is 2. The van der Waals surface area contributed by atoms with Crippen molar-refractivity contribution >= 4 is 34.5 Å². The third-order valence-electron chi connectivity index (χ3n) is 7.09. The Labute approximate surface area is 229 Å². The van der Waals surface area contributed by atoms with E-state index in [1.807, 2.05) is 90.5 Å². The van der Waals surface area contributed by atoms with Gasteiger partial charge in [0, 0.05) is 31.9 Å². The highest BCUT2D eigenvalue weighted by molar-refractivity contribution is 6.08. The maximum absolute atomic E-state index is 12.8. The summed E-state index contributed by atoms with van der Waals surface area (Å²) in [5.74, 6) is 2.32. The number of carbonyl (C=O) groups excluding carboxylic acids is 1. The molecule has 0 spiro atoms. The van der Waals surface area contributed by atoms with Gasteiger partial charge in [0.05, 0.1) is 24.0 Å². The number of amides is 1. The van der Waals surface area contributed by atoms with Crippen LogP contribution >= 0.6 is 0 Å². The fourth-order valence-electron chi connectivity index (χ4n) is 4.87. The number of para-hydroxylation sites is 2. The number of piperazine rings is 1. The minimum atomic E-state index is -0.0288. The summed E-state index contributed by atoms with van der Waals surface area (Å²) in [5, 5.41) is 1.99. The van der Waals surface area contributed by atoms with Gasteiger partial charge in [0.15, 0.2) is 6.61 Å². The molecule has 0 saturated carbocycles. The van der Waals surface area contributed by atoms with Crippen LogP contribution in [-0.4, -0.2) is 67.0 Å². The van der Waals surface area contributed by atoms with Gasteiger partial charge in [-0.1, -0.05) is 29.8 Å². The second kappa shape index (κ2) is 11.7. The first-order valence-corrected chi connectivity index (χ1v) is 13.4. The topological polar surface area (TPSA) is 95.7 Å². The normalized spacial score (nSPS) is 16.1. The van der Waals surface area contributed by atoms with E-state index in [0.29, 0.717) is 31.1 Å². The highest BCUT2D eigenvalue weighted by atomic mass is 16.5. The SMILES string of the molecule is CCOc1ccccc1N1Nc2cc(N)ccc2N=C1C(C)N1CCN(C(=O)COc2ccc(C)cc2)CC1. The van der Waals surface area contributed by atoms with Crippen molar-refractivity contribution in [3.05, 3.63) is 72.3 Å². The van der Waals surface area contributed by atoms with Crippen LogP contribution < -0.4 is 25.6 Å². The fraction of sp³-hybridized carbons (Fsp3) is 0.333. The predicted molar refractivity (Wildman–Crippen MR) is 156 cm³/mol. The molecule has 2 heterocycles. The van der Waals surface area contributed by atoms with E-state index in [4.69, 9.17) is 20.2 Å². The second-order valence-corrected chi connectivity index (χ2v) is 9.79. The van der Waals surface area contributed by atoms with Gasteiger partial charge in [0.1, 0.15) is 23.0 Å². The van der Waals surface area contributed by atoms with E-state index >= 15 is 0 Å². The summed E-state index contributed by atoms with van der Waals surface area (Å²) in [6.45, 7) is 9.45. The summed E-state index contributed by atoms with van der Waals surface area (Å²) >= 11 is 0. The number of anilines is 3. The molecule has 0 aromatic heterocycles. The standard InChI is InChI=1S/C30H36N6O3/c1-4-38-28-8-6-5-7-27(28)36-30(32-25-14-11-23(31)19-26(25)33-36)22(3)34-15-17-35(18-16-34)29(37)20-39-24-12-9-21(2)10-13-24/h5-14,19,22,33H,4,15-18,20,31H2,1-3H3. The molecule has 1 unspecified atom stereocenters. The molecule has 0 aliphatic carbocycles. The van der Waals surface area contributed by atoms with Gasteiger partial charge >= 0.3 is 0 Å². The Balaban J connectivity index is 1.30. The lowest BCUT2D eigenvalue weighted by Crippen LogP contribution is -2.57. The van der Waals surface area contributed by atoms with Gasteiger partial charge < -0.3 is 20.1 Å². The summed E-state index contributed by atoms with van der Waals surface area (Å²) in [4.78, 5) is 22.1. The lowest BCUT2D eigenvalue weighted by Gasteiger charge is -2.42. The average Bonchev–Trinajstić information content (AvgIpc) is 2.96. The van der Waals surface area contributed by atoms with Crippen LogP contribution in [-0.2, 0) is 4.79 Å². The smallest absolute Gasteiger partial charge is 0.260 e. The summed E-state index contributed by atoms with van der Waals surface area (Å²) in [6.07, 6.45) is 0. The highest BCUT2D eigenvalue weighted by Crippen LogP contribution is 2.37. The first kappa shape index (κ1) is 26.4. The number of carbonyl (C=O) groups is 1. The Morgan fingerprint density at radius 2 is 1.77 bits per heavy atom. The molecule has 9 heteroatoms. The number of hydrazine groups is 1. The maximum Gasteiger partial charge on any atom is 0.260 e. The molecule has 3 N–H and O–H groups in total. The second-order valence-electron chi connectivity index (χ2n) is 9.79. The molecule has 204 valence electrons. The number of nitrogens with zero attached hydrogens (tertiary/aromatic N) is 4. The van der Waals surface area contributed by atoms with E-state index in [1.54, 1.807) is 0 Å². The first-order chi connectivity index (χ1) is 18.9. The molecule has 1 amide bonds. The van der Waals surface area contributed by atoms with E-state index in [1.165, 1.54) is 0 Å². The van der Waals surface area contributed by atoms with Gasteiger partial charge in [-0.3, -0.25) is 15.1 Å². The first-order valence-electron chi connectivity index (χ1n) is 13.4. The zero-order valence-corrected chi connectivity index (χ0v) is 22.8. The summed E-state index contributed by atoms with van der Waals surface area (Å²) in [5.41, 5.74) is 14.0. The number of aryl methyl sites for hydroxylation is 1. The molecule has 3 aromatic rings. The van der Waals surface area contributed by atoms with Gasteiger partial charge in [-0.15, -0.1) is 0 Å². The molecule has 1 atom stereocenters. The van der Waals surface area contributed by atoms with Crippen LogP contribution in [0, 0.1) is 6.92 Å². The largest absolute Gasteiger partial charge is 0.492 e. The number of amidine groups is 1. The molecule has 39 heavy (non-hydrogen) atoms. The summed E-state index contributed by atoms with van der Waals surface area (Å²) in [7, 11) is 0. The van der Waals surface area contributed by atoms with Crippen molar-refractivity contribution in [3.63, 3.8) is 0 Å². The third kappa shape index (κ3) is 5.93. The molecular formula is C30H36N6O3. The lowest BCUT2D eigenvalue weighted by atomic mass is 10.1. The molecule has 2 aliphatic heterocycles. The maximum atomic E-state index is 12.8. The van der Waals surface area contributed by atoms with Crippen molar-refractivity contribution in [1.82, 2.24) is 9.80 Å². The molecule has 3 aromatic carbocycles. The minimum Gasteiger partial charge on any atom is -0.492 e. The zero-order valence-electron chi connectivity index (χ0n) is 22.8. The Kier molecular flexibility index (Phi) is 7.88. The summed E-state index contributed by atoms with van der Waals surface area (Å²) in [6, 6.07) is 21.3. The van der Waals surface area contributed by atoms with E-state index < -0.39 is 0 Å². The molecule has 1 saturated heterocycles. The van der Waals surface area contributed by atoms with Gasteiger partial charge in [0.25, 0.3) is 5.91 Å². The Morgan fingerprint density at radius 1 is 1.03 bits per heavy atom. The van der Waals surface area contributed by atoms with Crippen LogP contribution in [0.2, 0.25) is 0 Å². The van der Waals surface area contributed by atoms with Crippen molar-refractivity contribution < 1.29 is 14.3 Å². The van der Waals surface area contributed by atoms with Crippen molar-refractivity contribution in [3.8, 4) is 11.5 Å². The Bertz CT molecular complexity index is 1330. The van der Waals surface area contributed by atoms with E-state index in [9.17, 15) is 4.79 Å². The van der Waals surface area contributed by atoms with Crippen molar-refractivity contribution in [2.24, 2.45) is 4.99 Å². The van der Waals surface area contributed by atoms with Crippen LogP contribution in [0.4, 0.5) is 22.7 Å². The van der Waals surface area contributed by atoms with Crippen LogP contribution in [0.5, 0.6) is 11.5 Å². The lowest BCUT2D eigenvalue weighted by molar-refractivity contribution is -0.135. The van der Waals surface area contributed by atoms with Gasteiger partial charge in [-0.25, -0.2) is 10.0 Å². The number of aliphatic imine (C=N–C) groups is 1. The van der Waals surface area contributed by atoms with Crippen molar-refractivity contribution in [2.75, 3.05) is 55.6 Å².